The van der Waals surface area contributed by atoms with E-state index in [0.29, 0.717) is 22.1 Å². The molecule has 3 rings (SSSR count). The number of halogens is 2. The second-order valence-corrected chi connectivity index (χ2v) is 5.18. The standard InChI is InChI=1S/C14H10BrFN2O2/c15-10-5-8(1-3-11(10)16)7-17-9-2-4-13-12(6-9)18-14(19)20-13/h1-6,17H,7H2,(H,18,19). The first-order chi connectivity index (χ1) is 9.61. The van der Waals surface area contributed by atoms with Crippen molar-refractivity contribution < 1.29 is 8.81 Å². The van der Waals surface area contributed by atoms with E-state index >= 15 is 0 Å². The van der Waals surface area contributed by atoms with Crippen LogP contribution in [-0.2, 0) is 6.54 Å². The van der Waals surface area contributed by atoms with E-state index in [9.17, 15) is 9.18 Å². The monoisotopic (exact) mass is 336 g/mol. The van der Waals surface area contributed by atoms with Gasteiger partial charge in [0, 0.05) is 12.2 Å². The lowest BCUT2D eigenvalue weighted by Gasteiger charge is -2.07. The van der Waals surface area contributed by atoms with Gasteiger partial charge >= 0.3 is 5.76 Å². The zero-order chi connectivity index (χ0) is 14.1. The average Bonchev–Trinajstić information content (AvgIpc) is 2.79. The van der Waals surface area contributed by atoms with Crippen molar-refractivity contribution in [2.45, 2.75) is 6.54 Å². The van der Waals surface area contributed by atoms with E-state index in [1.54, 1.807) is 24.3 Å². The van der Waals surface area contributed by atoms with Crippen molar-refractivity contribution in [3.8, 4) is 0 Å². The van der Waals surface area contributed by atoms with Crippen molar-refractivity contribution in [2.24, 2.45) is 0 Å². The van der Waals surface area contributed by atoms with Crippen molar-refractivity contribution in [1.29, 1.82) is 0 Å². The molecule has 0 spiro atoms. The van der Waals surface area contributed by atoms with Gasteiger partial charge in [-0.2, -0.15) is 0 Å². The summed E-state index contributed by atoms with van der Waals surface area (Å²) in [6.45, 7) is 0.548. The summed E-state index contributed by atoms with van der Waals surface area (Å²) in [6, 6.07) is 10.2. The van der Waals surface area contributed by atoms with Crippen LogP contribution in [0.4, 0.5) is 10.1 Å². The Balaban J connectivity index is 1.78. The van der Waals surface area contributed by atoms with E-state index in [1.165, 1.54) is 6.07 Å². The summed E-state index contributed by atoms with van der Waals surface area (Å²) in [5.41, 5.74) is 2.94. The first kappa shape index (κ1) is 12.9. The maximum Gasteiger partial charge on any atom is 0.417 e. The molecule has 1 heterocycles. The van der Waals surface area contributed by atoms with E-state index in [-0.39, 0.29) is 5.82 Å². The zero-order valence-corrected chi connectivity index (χ0v) is 11.8. The molecule has 6 heteroatoms. The fourth-order valence-electron chi connectivity index (χ4n) is 1.92. The second kappa shape index (κ2) is 5.13. The number of hydrogen-bond donors (Lipinski definition) is 2. The number of aromatic nitrogens is 1. The molecule has 0 saturated carbocycles. The molecule has 102 valence electrons. The summed E-state index contributed by atoms with van der Waals surface area (Å²) in [4.78, 5) is 13.7. The number of H-pyrrole nitrogens is 1. The Morgan fingerprint density at radius 1 is 1.25 bits per heavy atom. The molecule has 2 aromatic carbocycles. The first-order valence-electron chi connectivity index (χ1n) is 5.92. The topological polar surface area (TPSA) is 58.0 Å². The number of oxazole rings is 1. The molecule has 3 aromatic rings. The third-order valence-electron chi connectivity index (χ3n) is 2.90. The van der Waals surface area contributed by atoms with Crippen LogP contribution < -0.4 is 11.1 Å². The van der Waals surface area contributed by atoms with Crippen LogP contribution in [0.5, 0.6) is 0 Å². The Morgan fingerprint density at radius 3 is 2.90 bits per heavy atom. The molecule has 20 heavy (non-hydrogen) atoms. The molecule has 0 atom stereocenters. The number of anilines is 1. The molecule has 2 N–H and O–H groups in total. The highest BCUT2D eigenvalue weighted by Crippen LogP contribution is 2.19. The molecule has 0 aliphatic rings. The van der Waals surface area contributed by atoms with Gasteiger partial charge in [-0.05, 0) is 51.8 Å². The fraction of sp³-hybridized carbons (Fsp3) is 0.0714. The summed E-state index contributed by atoms with van der Waals surface area (Å²) in [7, 11) is 0. The van der Waals surface area contributed by atoms with Crippen molar-refractivity contribution in [1.82, 2.24) is 4.98 Å². The SMILES string of the molecule is O=c1[nH]c2cc(NCc3ccc(F)c(Br)c3)ccc2o1. The van der Waals surface area contributed by atoms with Crippen molar-refractivity contribution in [3.05, 3.63) is 62.8 Å². The third-order valence-corrected chi connectivity index (χ3v) is 3.51. The highest BCUT2D eigenvalue weighted by molar-refractivity contribution is 9.10. The number of aromatic amines is 1. The van der Waals surface area contributed by atoms with Crippen LogP contribution >= 0.6 is 15.9 Å². The number of nitrogens with one attached hydrogen (secondary N) is 2. The molecule has 0 unspecified atom stereocenters. The van der Waals surface area contributed by atoms with Gasteiger partial charge in [0.25, 0.3) is 0 Å². The molecule has 0 radical (unpaired) electrons. The predicted molar refractivity (Wildman–Crippen MR) is 78.3 cm³/mol. The largest absolute Gasteiger partial charge is 0.417 e. The van der Waals surface area contributed by atoms with E-state index in [2.05, 4.69) is 26.2 Å². The Labute approximate surface area is 121 Å². The highest BCUT2D eigenvalue weighted by Gasteiger charge is 2.03. The average molecular weight is 337 g/mol. The fourth-order valence-corrected chi connectivity index (χ4v) is 2.34. The van der Waals surface area contributed by atoms with Gasteiger partial charge in [0.15, 0.2) is 5.58 Å². The minimum Gasteiger partial charge on any atom is -0.408 e. The maximum atomic E-state index is 13.1. The summed E-state index contributed by atoms with van der Waals surface area (Å²) < 4.78 is 18.5. The summed E-state index contributed by atoms with van der Waals surface area (Å²) in [5.74, 6) is -0.759. The lowest BCUT2D eigenvalue weighted by molar-refractivity contribution is 0.555. The van der Waals surface area contributed by atoms with Crippen LogP contribution in [-0.4, -0.2) is 4.98 Å². The van der Waals surface area contributed by atoms with Gasteiger partial charge in [-0.15, -0.1) is 0 Å². The van der Waals surface area contributed by atoms with E-state index in [4.69, 9.17) is 4.42 Å². The highest BCUT2D eigenvalue weighted by atomic mass is 79.9. The minimum atomic E-state index is -0.473. The van der Waals surface area contributed by atoms with E-state index < -0.39 is 5.76 Å². The summed E-state index contributed by atoms with van der Waals surface area (Å²) >= 11 is 3.15. The molecule has 1 aromatic heterocycles. The van der Waals surface area contributed by atoms with Crippen LogP contribution in [0.2, 0.25) is 0 Å². The smallest absolute Gasteiger partial charge is 0.408 e. The quantitative estimate of drug-likeness (QED) is 0.767. The van der Waals surface area contributed by atoms with Crippen LogP contribution in [0.15, 0.2) is 50.1 Å². The predicted octanol–water partition coefficient (Wildman–Crippen LogP) is 3.63. The van der Waals surface area contributed by atoms with Gasteiger partial charge in [0.1, 0.15) is 5.82 Å². The molecule has 0 fully saturated rings. The number of benzene rings is 2. The molecular formula is C14H10BrFN2O2. The van der Waals surface area contributed by atoms with Crippen molar-refractivity contribution in [2.75, 3.05) is 5.32 Å². The van der Waals surface area contributed by atoms with Crippen LogP contribution in [0.1, 0.15) is 5.56 Å². The van der Waals surface area contributed by atoms with Crippen molar-refractivity contribution >= 4 is 32.7 Å². The van der Waals surface area contributed by atoms with Gasteiger partial charge in [-0.25, -0.2) is 9.18 Å². The Kier molecular flexibility index (Phi) is 3.31. The number of fused-ring (bicyclic) bond motifs is 1. The molecule has 0 amide bonds. The normalized spacial score (nSPS) is 10.9. The summed E-state index contributed by atoms with van der Waals surface area (Å²) in [5, 5.41) is 3.20. The molecule has 0 bridgehead atoms. The minimum absolute atomic E-state index is 0.286. The lowest BCUT2D eigenvalue weighted by Crippen LogP contribution is -1.99. The lowest BCUT2D eigenvalue weighted by atomic mass is 10.2. The number of hydrogen-bond acceptors (Lipinski definition) is 3. The van der Waals surface area contributed by atoms with Crippen LogP contribution in [0.25, 0.3) is 11.1 Å². The van der Waals surface area contributed by atoms with Gasteiger partial charge in [-0.1, -0.05) is 6.07 Å². The molecule has 4 nitrogen and oxygen atoms in total. The van der Waals surface area contributed by atoms with Crippen LogP contribution in [0.3, 0.4) is 0 Å². The van der Waals surface area contributed by atoms with Gasteiger partial charge in [0.2, 0.25) is 0 Å². The van der Waals surface area contributed by atoms with E-state index in [1.807, 2.05) is 6.07 Å². The summed E-state index contributed by atoms with van der Waals surface area (Å²) in [6.07, 6.45) is 0. The maximum absolute atomic E-state index is 13.1. The zero-order valence-electron chi connectivity index (χ0n) is 10.2. The van der Waals surface area contributed by atoms with Crippen LogP contribution in [0, 0.1) is 5.82 Å². The Bertz CT molecular complexity index is 825. The molecule has 0 aliphatic carbocycles. The van der Waals surface area contributed by atoms with Crippen molar-refractivity contribution in [3.63, 3.8) is 0 Å². The number of rotatable bonds is 3. The van der Waals surface area contributed by atoms with Gasteiger partial charge < -0.3 is 9.73 Å². The molecular weight excluding hydrogens is 327 g/mol. The van der Waals surface area contributed by atoms with Gasteiger partial charge in [-0.3, -0.25) is 4.98 Å². The van der Waals surface area contributed by atoms with E-state index in [0.717, 1.165) is 11.3 Å². The Morgan fingerprint density at radius 2 is 2.10 bits per heavy atom. The Hall–Kier alpha value is -2.08. The third kappa shape index (κ3) is 2.60. The first-order valence-corrected chi connectivity index (χ1v) is 6.72. The molecule has 0 saturated heterocycles. The second-order valence-electron chi connectivity index (χ2n) is 4.33. The van der Waals surface area contributed by atoms with Gasteiger partial charge in [0.05, 0.1) is 9.99 Å². The molecule has 0 aliphatic heterocycles.